The van der Waals surface area contributed by atoms with Gasteiger partial charge in [0.05, 0.1) is 6.10 Å². The summed E-state index contributed by atoms with van der Waals surface area (Å²) in [5.41, 5.74) is 3.32. The molecule has 0 radical (unpaired) electrons. The summed E-state index contributed by atoms with van der Waals surface area (Å²) in [7, 11) is 0. The first-order valence-electron chi connectivity index (χ1n) is 7.46. The smallest absolute Gasteiger partial charge is 0.185 e. The lowest BCUT2D eigenvalue weighted by molar-refractivity contribution is -0.113. The Labute approximate surface area is 130 Å². The molecule has 3 rings (SSSR count). The highest BCUT2D eigenvalue weighted by Gasteiger charge is 2.26. The summed E-state index contributed by atoms with van der Waals surface area (Å²) < 4.78 is 0. The zero-order valence-electron chi connectivity index (χ0n) is 12.3. The van der Waals surface area contributed by atoms with Gasteiger partial charge in [0.2, 0.25) is 0 Å². The van der Waals surface area contributed by atoms with Crippen molar-refractivity contribution in [2.45, 2.75) is 18.9 Å². The highest BCUT2D eigenvalue weighted by molar-refractivity contribution is 6.14. The second-order valence-electron chi connectivity index (χ2n) is 5.55. The molecule has 1 aliphatic rings. The number of Topliss-reactive ketones (excluding diaryl/α,β-unsaturated/α-hetero) is 1. The van der Waals surface area contributed by atoms with Gasteiger partial charge in [0.15, 0.2) is 5.78 Å². The molecule has 1 aliphatic carbocycles. The average Bonchev–Trinajstić information content (AvgIpc) is 2.54. The second kappa shape index (κ2) is 6.54. The molecule has 0 heterocycles. The molecule has 1 fully saturated rings. The van der Waals surface area contributed by atoms with Crippen LogP contribution in [0, 0.1) is 0 Å². The summed E-state index contributed by atoms with van der Waals surface area (Å²) in [4.78, 5) is 12.6. The van der Waals surface area contributed by atoms with Crippen LogP contribution in [-0.4, -0.2) is 17.0 Å². The van der Waals surface area contributed by atoms with Crippen molar-refractivity contribution in [1.29, 1.82) is 0 Å². The summed E-state index contributed by atoms with van der Waals surface area (Å²) in [6.07, 6.45) is 4.09. The van der Waals surface area contributed by atoms with Crippen LogP contribution in [0.3, 0.4) is 0 Å². The molecule has 0 bridgehead atoms. The minimum absolute atomic E-state index is 0.0398. The number of rotatable bonds is 2. The van der Waals surface area contributed by atoms with Gasteiger partial charge in [-0.3, -0.25) is 4.79 Å². The van der Waals surface area contributed by atoms with Crippen molar-refractivity contribution in [3.63, 3.8) is 0 Å². The van der Waals surface area contributed by atoms with E-state index in [9.17, 15) is 9.90 Å². The van der Waals surface area contributed by atoms with E-state index in [0.717, 1.165) is 11.1 Å². The monoisotopic (exact) mass is 290 g/mol. The number of carbonyl (C=O) groups is 1. The van der Waals surface area contributed by atoms with E-state index < -0.39 is 6.10 Å². The minimum Gasteiger partial charge on any atom is -0.392 e. The van der Waals surface area contributed by atoms with Crippen molar-refractivity contribution in [3.8, 4) is 0 Å². The Morgan fingerprint density at radius 3 is 1.59 bits per heavy atom. The molecule has 0 amide bonds. The average molecular weight is 290 g/mol. The zero-order valence-corrected chi connectivity index (χ0v) is 12.3. The van der Waals surface area contributed by atoms with Crippen molar-refractivity contribution >= 4 is 17.9 Å². The number of hydrogen-bond acceptors (Lipinski definition) is 2. The van der Waals surface area contributed by atoms with E-state index in [1.165, 1.54) is 0 Å². The van der Waals surface area contributed by atoms with E-state index >= 15 is 0 Å². The van der Waals surface area contributed by atoms with Gasteiger partial charge in [-0.25, -0.2) is 0 Å². The summed E-state index contributed by atoms with van der Waals surface area (Å²) in [5.74, 6) is 0.0398. The molecule has 1 saturated carbocycles. The van der Waals surface area contributed by atoms with Gasteiger partial charge >= 0.3 is 0 Å². The van der Waals surface area contributed by atoms with Crippen molar-refractivity contribution in [3.05, 3.63) is 82.9 Å². The first kappa shape index (κ1) is 14.5. The summed E-state index contributed by atoms with van der Waals surface area (Å²) >= 11 is 0. The van der Waals surface area contributed by atoms with Crippen LogP contribution in [0.1, 0.15) is 24.0 Å². The van der Waals surface area contributed by atoms with Gasteiger partial charge in [0, 0.05) is 24.0 Å². The standard InChI is InChI=1S/C20H18O2/c21-19-13-17(11-15-7-3-1-4-8-15)20(22)18(14-19)12-16-9-5-2-6-10-16/h1-12,19,21H,13-14H2. The van der Waals surface area contributed by atoms with Crippen LogP contribution in [0.15, 0.2) is 71.8 Å². The molecule has 0 unspecified atom stereocenters. The number of ketones is 1. The topological polar surface area (TPSA) is 37.3 Å². The highest BCUT2D eigenvalue weighted by Crippen LogP contribution is 2.28. The largest absolute Gasteiger partial charge is 0.392 e. The third kappa shape index (κ3) is 3.41. The van der Waals surface area contributed by atoms with E-state index in [0.29, 0.717) is 24.0 Å². The Kier molecular flexibility index (Phi) is 4.31. The predicted molar refractivity (Wildman–Crippen MR) is 89.1 cm³/mol. The minimum atomic E-state index is -0.498. The number of benzene rings is 2. The van der Waals surface area contributed by atoms with Crippen LogP contribution < -0.4 is 0 Å². The number of aliphatic hydroxyl groups is 1. The first-order chi connectivity index (χ1) is 10.7. The lowest BCUT2D eigenvalue weighted by atomic mass is 9.85. The second-order valence-corrected chi connectivity index (χ2v) is 5.55. The number of carbonyl (C=O) groups excluding carboxylic acids is 1. The molecule has 0 aromatic heterocycles. The SMILES string of the molecule is O=C1C(=Cc2ccccc2)CC(O)CC1=Cc1ccccc1. The van der Waals surface area contributed by atoms with Crippen molar-refractivity contribution in [1.82, 2.24) is 0 Å². The van der Waals surface area contributed by atoms with E-state index in [-0.39, 0.29) is 5.78 Å². The van der Waals surface area contributed by atoms with Crippen LogP contribution in [0.25, 0.3) is 12.2 Å². The van der Waals surface area contributed by atoms with Gasteiger partial charge in [0.1, 0.15) is 0 Å². The molecular weight excluding hydrogens is 272 g/mol. The Balaban J connectivity index is 1.92. The Morgan fingerprint density at radius 2 is 1.18 bits per heavy atom. The molecule has 0 atom stereocenters. The predicted octanol–water partition coefficient (Wildman–Crippen LogP) is 3.88. The fourth-order valence-electron chi connectivity index (χ4n) is 2.72. The van der Waals surface area contributed by atoms with E-state index in [1.807, 2.05) is 72.8 Å². The first-order valence-corrected chi connectivity index (χ1v) is 7.46. The van der Waals surface area contributed by atoms with E-state index in [2.05, 4.69) is 0 Å². The molecular formula is C20H18O2. The van der Waals surface area contributed by atoms with E-state index in [1.54, 1.807) is 0 Å². The molecule has 0 aliphatic heterocycles. The third-order valence-corrected chi connectivity index (χ3v) is 3.78. The normalized spacial score (nSPS) is 22.2. The maximum atomic E-state index is 12.6. The lowest BCUT2D eigenvalue weighted by Gasteiger charge is -2.21. The maximum absolute atomic E-state index is 12.6. The van der Waals surface area contributed by atoms with Crippen LogP contribution in [0.5, 0.6) is 0 Å². The molecule has 0 saturated heterocycles. The molecule has 2 aromatic carbocycles. The fraction of sp³-hybridized carbons (Fsp3) is 0.150. The van der Waals surface area contributed by atoms with E-state index in [4.69, 9.17) is 0 Å². The molecule has 2 heteroatoms. The number of aliphatic hydroxyl groups excluding tert-OH is 1. The van der Waals surface area contributed by atoms with Gasteiger partial charge < -0.3 is 5.11 Å². The lowest BCUT2D eigenvalue weighted by Crippen LogP contribution is -2.23. The molecule has 1 N–H and O–H groups in total. The van der Waals surface area contributed by atoms with Gasteiger partial charge in [-0.15, -0.1) is 0 Å². The zero-order chi connectivity index (χ0) is 15.4. The Bertz CT molecular complexity index is 650. The molecule has 0 spiro atoms. The fourth-order valence-corrected chi connectivity index (χ4v) is 2.72. The van der Waals surface area contributed by atoms with Gasteiger partial charge in [0.25, 0.3) is 0 Å². The quantitative estimate of drug-likeness (QED) is 0.852. The molecule has 2 nitrogen and oxygen atoms in total. The summed E-state index contributed by atoms with van der Waals surface area (Å²) in [6, 6.07) is 19.5. The van der Waals surface area contributed by atoms with Gasteiger partial charge in [-0.05, 0) is 23.3 Å². The van der Waals surface area contributed by atoms with Gasteiger partial charge in [-0.1, -0.05) is 60.7 Å². The van der Waals surface area contributed by atoms with Crippen molar-refractivity contribution < 1.29 is 9.90 Å². The van der Waals surface area contributed by atoms with Crippen LogP contribution >= 0.6 is 0 Å². The third-order valence-electron chi connectivity index (χ3n) is 3.78. The molecule has 22 heavy (non-hydrogen) atoms. The highest BCUT2D eigenvalue weighted by atomic mass is 16.3. The summed E-state index contributed by atoms with van der Waals surface area (Å²) in [5, 5.41) is 10.1. The summed E-state index contributed by atoms with van der Waals surface area (Å²) in [6.45, 7) is 0. The van der Waals surface area contributed by atoms with Crippen LogP contribution in [0.2, 0.25) is 0 Å². The number of hydrogen-bond donors (Lipinski definition) is 1. The van der Waals surface area contributed by atoms with Crippen molar-refractivity contribution in [2.75, 3.05) is 0 Å². The van der Waals surface area contributed by atoms with Crippen LogP contribution in [-0.2, 0) is 4.79 Å². The Morgan fingerprint density at radius 1 is 0.773 bits per heavy atom. The molecule has 110 valence electrons. The van der Waals surface area contributed by atoms with Crippen LogP contribution in [0.4, 0.5) is 0 Å². The maximum Gasteiger partial charge on any atom is 0.185 e. The van der Waals surface area contributed by atoms with Gasteiger partial charge in [-0.2, -0.15) is 0 Å². The van der Waals surface area contributed by atoms with Crippen molar-refractivity contribution in [2.24, 2.45) is 0 Å². The molecule has 2 aromatic rings. The Hall–Kier alpha value is -2.45.